The van der Waals surface area contributed by atoms with Crippen LogP contribution in [0.5, 0.6) is 0 Å². The van der Waals surface area contributed by atoms with Gasteiger partial charge in [0, 0.05) is 21.9 Å². The maximum Gasteiger partial charge on any atom is 0.255 e. The van der Waals surface area contributed by atoms with Gasteiger partial charge in [-0.1, -0.05) is 31.9 Å². The number of halogens is 5. The van der Waals surface area contributed by atoms with Gasteiger partial charge in [-0.05, 0) is 18.2 Å². The van der Waals surface area contributed by atoms with Gasteiger partial charge in [-0.25, -0.2) is 13.2 Å². The van der Waals surface area contributed by atoms with Crippen LogP contribution in [0.3, 0.4) is 0 Å². The van der Waals surface area contributed by atoms with Crippen LogP contribution in [0.4, 0.5) is 13.2 Å². The summed E-state index contributed by atoms with van der Waals surface area (Å²) < 4.78 is 38.2. The highest BCUT2D eigenvalue weighted by Crippen LogP contribution is 2.17. The Kier molecular flexibility index (Phi) is 6.14. The fourth-order valence-electron chi connectivity index (χ4n) is 1.40. The summed E-state index contributed by atoms with van der Waals surface area (Å²) in [5.41, 5.74) is 0.0449. The summed E-state index contributed by atoms with van der Waals surface area (Å²) in [4.78, 5) is 12.9. The van der Waals surface area contributed by atoms with Gasteiger partial charge in [-0.15, -0.1) is 0 Å². The second-order valence-electron chi connectivity index (χ2n) is 3.49. The Bertz CT molecular complexity index is 408. The van der Waals surface area contributed by atoms with E-state index in [2.05, 4.69) is 31.9 Å². The van der Waals surface area contributed by atoms with Crippen molar-refractivity contribution in [2.75, 3.05) is 18.4 Å². The largest absolute Gasteiger partial charge is 0.332 e. The molecule has 0 aliphatic rings. The molecule has 1 aromatic rings. The van der Waals surface area contributed by atoms with E-state index in [4.69, 9.17) is 0 Å². The van der Waals surface area contributed by atoms with Crippen LogP contribution in [-0.2, 0) is 0 Å². The van der Waals surface area contributed by atoms with E-state index in [1.807, 2.05) is 0 Å². The van der Waals surface area contributed by atoms with Gasteiger partial charge in [-0.2, -0.15) is 0 Å². The molecule has 0 saturated heterocycles. The van der Waals surface area contributed by atoms with E-state index < -0.39 is 24.7 Å². The zero-order valence-corrected chi connectivity index (χ0v) is 12.3. The SMILES string of the molecule is O=C(c1cc(F)cc(Br)c1)N(CCBr)CC(F)F. The summed E-state index contributed by atoms with van der Waals surface area (Å²) in [5.74, 6) is -1.21. The Morgan fingerprint density at radius 1 is 1.33 bits per heavy atom. The van der Waals surface area contributed by atoms with Crippen LogP contribution in [0, 0.1) is 5.82 Å². The Hall–Kier alpha value is -0.560. The van der Waals surface area contributed by atoms with Crippen molar-refractivity contribution in [2.24, 2.45) is 0 Å². The molecule has 1 aromatic carbocycles. The lowest BCUT2D eigenvalue weighted by Crippen LogP contribution is -2.36. The first-order valence-corrected chi connectivity index (χ1v) is 6.95. The highest BCUT2D eigenvalue weighted by Gasteiger charge is 2.20. The first-order chi connectivity index (χ1) is 8.43. The molecule has 100 valence electrons. The van der Waals surface area contributed by atoms with Gasteiger partial charge in [0.15, 0.2) is 0 Å². The fourth-order valence-corrected chi connectivity index (χ4v) is 2.30. The summed E-state index contributed by atoms with van der Waals surface area (Å²) in [6, 6.07) is 3.62. The summed E-state index contributed by atoms with van der Waals surface area (Å²) in [5, 5.41) is 0.377. The molecule has 0 unspecified atom stereocenters. The average Bonchev–Trinajstić information content (AvgIpc) is 2.25. The van der Waals surface area contributed by atoms with Gasteiger partial charge in [-0.3, -0.25) is 4.79 Å². The van der Waals surface area contributed by atoms with E-state index in [1.165, 1.54) is 12.1 Å². The average molecular weight is 389 g/mol. The van der Waals surface area contributed by atoms with Gasteiger partial charge in [0.1, 0.15) is 5.82 Å². The van der Waals surface area contributed by atoms with E-state index in [0.29, 0.717) is 9.80 Å². The molecular weight excluding hydrogens is 379 g/mol. The van der Waals surface area contributed by atoms with Crippen LogP contribution in [-0.4, -0.2) is 35.7 Å². The summed E-state index contributed by atoms with van der Waals surface area (Å²) in [6.45, 7) is -0.532. The number of amides is 1. The van der Waals surface area contributed by atoms with E-state index in [0.717, 1.165) is 11.0 Å². The second kappa shape index (κ2) is 7.13. The topological polar surface area (TPSA) is 20.3 Å². The third kappa shape index (κ3) is 4.61. The number of alkyl halides is 3. The van der Waals surface area contributed by atoms with Crippen LogP contribution in [0.15, 0.2) is 22.7 Å². The van der Waals surface area contributed by atoms with Gasteiger partial charge < -0.3 is 4.90 Å². The standard InChI is InChI=1S/C11H10Br2F3NO/c12-1-2-17(6-10(15)16)11(18)7-3-8(13)5-9(14)4-7/h3-5,10H,1-2,6H2. The van der Waals surface area contributed by atoms with E-state index in [1.54, 1.807) is 0 Å². The number of carbonyl (C=O) groups is 1. The molecule has 0 saturated carbocycles. The molecule has 18 heavy (non-hydrogen) atoms. The maximum atomic E-state index is 13.1. The van der Waals surface area contributed by atoms with Gasteiger partial charge in [0.05, 0.1) is 6.54 Å². The summed E-state index contributed by atoms with van der Waals surface area (Å²) >= 11 is 6.14. The summed E-state index contributed by atoms with van der Waals surface area (Å²) in [6.07, 6.45) is -2.62. The monoisotopic (exact) mass is 387 g/mol. The lowest BCUT2D eigenvalue weighted by Gasteiger charge is -2.21. The zero-order valence-electron chi connectivity index (χ0n) is 9.18. The number of nitrogens with zero attached hydrogens (tertiary/aromatic N) is 1. The molecule has 0 N–H and O–H groups in total. The maximum absolute atomic E-state index is 13.1. The molecule has 7 heteroatoms. The molecule has 0 radical (unpaired) electrons. The Morgan fingerprint density at radius 3 is 2.50 bits per heavy atom. The minimum atomic E-state index is -2.62. The number of rotatable bonds is 5. The molecule has 0 atom stereocenters. The normalized spacial score (nSPS) is 10.8. The third-order valence-electron chi connectivity index (χ3n) is 2.11. The molecule has 0 spiro atoms. The van der Waals surface area contributed by atoms with Crippen molar-refractivity contribution in [1.29, 1.82) is 0 Å². The van der Waals surface area contributed by atoms with Crippen molar-refractivity contribution in [2.45, 2.75) is 6.43 Å². The number of carbonyl (C=O) groups excluding carboxylic acids is 1. The van der Waals surface area contributed by atoms with Crippen LogP contribution < -0.4 is 0 Å². The highest BCUT2D eigenvalue weighted by molar-refractivity contribution is 9.10. The summed E-state index contributed by atoms with van der Waals surface area (Å²) in [7, 11) is 0. The molecule has 0 aliphatic heterocycles. The van der Waals surface area contributed by atoms with Gasteiger partial charge >= 0.3 is 0 Å². The van der Waals surface area contributed by atoms with E-state index >= 15 is 0 Å². The Labute approximate surface area is 119 Å². The first kappa shape index (κ1) is 15.5. The predicted octanol–water partition coefficient (Wildman–Crippen LogP) is 3.69. The quantitative estimate of drug-likeness (QED) is 0.704. The van der Waals surface area contributed by atoms with E-state index in [9.17, 15) is 18.0 Å². The zero-order chi connectivity index (χ0) is 13.7. The van der Waals surface area contributed by atoms with Crippen molar-refractivity contribution in [3.8, 4) is 0 Å². The van der Waals surface area contributed by atoms with Gasteiger partial charge in [0.2, 0.25) is 0 Å². The number of hydrogen-bond donors (Lipinski definition) is 0. The van der Waals surface area contributed by atoms with Crippen molar-refractivity contribution in [3.63, 3.8) is 0 Å². The first-order valence-electron chi connectivity index (χ1n) is 5.03. The number of hydrogen-bond acceptors (Lipinski definition) is 1. The fraction of sp³-hybridized carbons (Fsp3) is 0.364. The Morgan fingerprint density at radius 2 is 2.00 bits per heavy atom. The molecule has 0 bridgehead atoms. The Balaban J connectivity index is 2.93. The van der Waals surface area contributed by atoms with Crippen LogP contribution in [0.25, 0.3) is 0 Å². The smallest absolute Gasteiger partial charge is 0.255 e. The molecular formula is C11H10Br2F3NO. The van der Waals surface area contributed by atoms with Crippen LogP contribution >= 0.6 is 31.9 Å². The highest BCUT2D eigenvalue weighted by atomic mass is 79.9. The molecule has 0 aliphatic carbocycles. The molecule has 0 aromatic heterocycles. The second-order valence-corrected chi connectivity index (χ2v) is 5.20. The van der Waals surface area contributed by atoms with Crippen LogP contribution in [0.2, 0.25) is 0 Å². The third-order valence-corrected chi connectivity index (χ3v) is 2.92. The van der Waals surface area contributed by atoms with E-state index in [-0.39, 0.29) is 12.1 Å². The molecule has 1 rings (SSSR count). The predicted molar refractivity (Wildman–Crippen MR) is 69.8 cm³/mol. The minimum Gasteiger partial charge on any atom is -0.332 e. The molecule has 0 fully saturated rings. The van der Waals surface area contributed by atoms with Gasteiger partial charge in [0.25, 0.3) is 12.3 Å². The van der Waals surface area contributed by atoms with Crippen molar-refractivity contribution < 1.29 is 18.0 Å². The van der Waals surface area contributed by atoms with Crippen molar-refractivity contribution in [1.82, 2.24) is 4.90 Å². The molecule has 2 nitrogen and oxygen atoms in total. The number of benzene rings is 1. The van der Waals surface area contributed by atoms with Crippen molar-refractivity contribution >= 4 is 37.8 Å². The van der Waals surface area contributed by atoms with Crippen molar-refractivity contribution in [3.05, 3.63) is 34.1 Å². The lowest BCUT2D eigenvalue weighted by molar-refractivity contribution is 0.0572. The molecule has 0 heterocycles. The van der Waals surface area contributed by atoms with Crippen LogP contribution in [0.1, 0.15) is 10.4 Å². The lowest BCUT2D eigenvalue weighted by atomic mass is 10.2. The molecule has 1 amide bonds. The minimum absolute atomic E-state index is 0.0449.